The van der Waals surface area contributed by atoms with Gasteiger partial charge in [0.2, 0.25) is 0 Å². The van der Waals surface area contributed by atoms with Gasteiger partial charge in [-0.05, 0) is 61.0 Å². The molecule has 0 amide bonds. The van der Waals surface area contributed by atoms with Crippen LogP contribution in [0.3, 0.4) is 0 Å². The molecule has 0 saturated heterocycles. The number of alkyl halides is 3. The van der Waals surface area contributed by atoms with Gasteiger partial charge in [-0.15, -0.1) is 0 Å². The largest absolute Gasteiger partial charge is 0.479 e. The van der Waals surface area contributed by atoms with E-state index in [2.05, 4.69) is 0 Å². The van der Waals surface area contributed by atoms with Crippen LogP contribution in [0.5, 0.6) is 17.2 Å². The molecule has 31 heavy (non-hydrogen) atoms. The van der Waals surface area contributed by atoms with Crippen LogP contribution in [0.15, 0.2) is 48.5 Å². The van der Waals surface area contributed by atoms with Crippen molar-refractivity contribution in [1.29, 1.82) is 0 Å². The molecule has 4 nitrogen and oxygen atoms in total. The number of benzene rings is 3. The van der Waals surface area contributed by atoms with Crippen LogP contribution in [-0.2, 0) is 15.7 Å². The van der Waals surface area contributed by atoms with Gasteiger partial charge in [-0.2, -0.15) is 13.2 Å². The molecule has 164 valence electrons. The zero-order valence-corrected chi connectivity index (χ0v) is 17.9. The van der Waals surface area contributed by atoms with Gasteiger partial charge in [0, 0.05) is 0 Å². The van der Waals surface area contributed by atoms with Crippen molar-refractivity contribution in [2.75, 3.05) is 6.61 Å². The Labute approximate surface area is 186 Å². The van der Waals surface area contributed by atoms with E-state index in [0.717, 1.165) is 17.5 Å². The minimum absolute atomic E-state index is 0.0842. The number of hydrogen-bond acceptors (Lipinski definition) is 4. The van der Waals surface area contributed by atoms with E-state index in [1.807, 2.05) is 0 Å². The first-order chi connectivity index (χ1) is 14.6. The van der Waals surface area contributed by atoms with E-state index in [0.29, 0.717) is 16.9 Å². The average molecular weight is 473 g/mol. The molecular weight excluding hydrogens is 456 g/mol. The van der Waals surface area contributed by atoms with Gasteiger partial charge in [0.1, 0.15) is 11.5 Å². The third kappa shape index (κ3) is 5.54. The zero-order chi connectivity index (χ0) is 22.8. The summed E-state index contributed by atoms with van der Waals surface area (Å²) in [6, 6.07) is 11.8. The third-order valence-electron chi connectivity index (χ3n) is 4.26. The van der Waals surface area contributed by atoms with Crippen LogP contribution in [0, 0.1) is 0 Å². The summed E-state index contributed by atoms with van der Waals surface area (Å²) < 4.78 is 54.9. The van der Waals surface area contributed by atoms with Crippen molar-refractivity contribution in [3.8, 4) is 17.2 Å². The Morgan fingerprint density at radius 2 is 1.55 bits per heavy atom. The second kappa shape index (κ2) is 9.24. The second-order valence-electron chi connectivity index (χ2n) is 6.55. The number of rotatable bonds is 6. The summed E-state index contributed by atoms with van der Waals surface area (Å²) in [4.78, 5) is 11.8. The molecule has 0 saturated carbocycles. The van der Waals surface area contributed by atoms with Crippen molar-refractivity contribution >= 4 is 39.9 Å². The average Bonchev–Trinajstić information content (AvgIpc) is 2.69. The number of ether oxygens (including phenoxy) is 3. The van der Waals surface area contributed by atoms with Gasteiger partial charge < -0.3 is 14.2 Å². The van der Waals surface area contributed by atoms with Crippen molar-refractivity contribution < 1.29 is 32.2 Å². The van der Waals surface area contributed by atoms with Crippen molar-refractivity contribution in [2.45, 2.75) is 26.1 Å². The lowest BCUT2D eigenvalue weighted by Gasteiger charge is -2.15. The Balaban J connectivity index is 1.86. The Kier molecular flexibility index (Phi) is 6.86. The summed E-state index contributed by atoms with van der Waals surface area (Å²) in [6.07, 6.45) is -5.37. The predicted molar refractivity (Wildman–Crippen MR) is 112 cm³/mol. The molecule has 0 bridgehead atoms. The van der Waals surface area contributed by atoms with E-state index in [-0.39, 0.29) is 22.4 Å². The molecular formula is C22H17Cl2F3O4. The lowest BCUT2D eigenvalue weighted by atomic mass is 10.1. The lowest BCUT2D eigenvalue weighted by molar-refractivity contribution is -0.150. The standard InChI is InChI=1S/C22H17Cl2F3O4/c1-3-29-21(28)12(2)30-16-6-4-13-5-7-17(9-14(13)8-16)31-20-18(23)10-15(11-19(20)24)22(25,26)27/h4-12H,3H2,1-2H3/t12-/m1/s1. The smallest absolute Gasteiger partial charge is 0.416 e. The van der Waals surface area contributed by atoms with Crippen LogP contribution >= 0.6 is 23.2 Å². The molecule has 3 rings (SSSR count). The molecule has 1 atom stereocenters. The van der Waals surface area contributed by atoms with Gasteiger partial charge in [-0.3, -0.25) is 0 Å². The Hall–Kier alpha value is -2.64. The number of esters is 1. The van der Waals surface area contributed by atoms with Gasteiger partial charge in [-0.25, -0.2) is 4.79 Å². The lowest BCUT2D eigenvalue weighted by Crippen LogP contribution is -2.26. The summed E-state index contributed by atoms with van der Waals surface area (Å²) in [7, 11) is 0. The monoisotopic (exact) mass is 472 g/mol. The van der Waals surface area contributed by atoms with Gasteiger partial charge in [0.25, 0.3) is 0 Å². The molecule has 3 aromatic carbocycles. The third-order valence-corrected chi connectivity index (χ3v) is 4.82. The quantitative estimate of drug-likeness (QED) is 0.353. The molecule has 0 radical (unpaired) electrons. The molecule has 0 fully saturated rings. The fourth-order valence-electron chi connectivity index (χ4n) is 2.79. The normalized spacial score (nSPS) is 12.5. The van der Waals surface area contributed by atoms with Gasteiger partial charge in [0.05, 0.1) is 22.2 Å². The Bertz CT molecular complexity index is 1090. The highest BCUT2D eigenvalue weighted by Gasteiger charge is 2.32. The molecule has 9 heteroatoms. The maximum Gasteiger partial charge on any atom is 0.416 e. The summed E-state index contributed by atoms with van der Waals surface area (Å²) in [5.74, 6) is 0.188. The molecule has 0 spiro atoms. The number of fused-ring (bicyclic) bond motifs is 1. The number of hydrogen-bond donors (Lipinski definition) is 0. The molecule has 0 heterocycles. The first-order valence-electron chi connectivity index (χ1n) is 9.19. The van der Waals surface area contributed by atoms with Crippen molar-refractivity contribution in [3.05, 3.63) is 64.1 Å². The van der Waals surface area contributed by atoms with Crippen LogP contribution in [0.25, 0.3) is 10.8 Å². The molecule has 0 aromatic heterocycles. The maximum atomic E-state index is 12.9. The summed E-state index contributed by atoms with van der Waals surface area (Å²) >= 11 is 11.9. The molecule has 0 unspecified atom stereocenters. The first kappa shape index (κ1) is 23.0. The van der Waals surface area contributed by atoms with Gasteiger partial charge in [-0.1, -0.05) is 35.3 Å². The second-order valence-corrected chi connectivity index (χ2v) is 7.37. The fourth-order valence-corrected chi connectivity index (χ4v) is 3.35. The topological polar surface area (TPSA) is 44.8 Å². The van der Waals surface area contributed by atoms with Crippen LogP contribution in [-0.4, -0.2) is 18.7 Å². The Morgan fingerprint density at radius 3 is 2.13 bits per heavy atom. The first-order valence-corrected chi connectivity index (χ1v) is 9.95. The van der Waals surface area contributed by atoms with Gasteiger partial charge in [0.15, 0.2) is 11.9 Å². The van der Waals surface area contributed by atoms with Crippen LogP contribution in [0.4, 0.5) is 13.2 Å². The van der Waals surface area contributed by atoms with Crippen LogP contribution < -0.4 is 9.47 Å². The van der Waals surface area contributed by atoms with Crippen LogP contribution in [0.1, 0.15) is 19.4 Å². The zero-order valence-electron chi connectivity index (χ0n) is 16.4. The minimum atomic E-state index is -4.58. The SMILES string of the molecule is CCOC(=O)[C@@H](C)Oc1ccc2ccc(Oc3c(Cl)cc(C(F)(F)F)cc3Cl)cc2c1. The van der Waals surface area contributed by atoms with E-state index in [9.17, 15) is 18.0 Å². The predicted octanol–water partition coefficient (Wildman–Crippen LogP) is 7.29. The molecule has 0 aliphatic heterocycles. The summed E-state index contributed by atoms with van der Waals surface area (Å²) in [5, 5.41) is 1.04. The number of halogens is 5. The number of carbonyl (C=O) groups is 1. The highest BCUT2D eigenvalue weighted by Crippen LogP contribution is 2.42. The molecule has 0 N–H and O–H groups in total. The molecule has 0 aliphatic carbocycles. The summed E-state index contributed by atoms with van der Waals surface area (Å²) in [5.41, 5.74) is -0.967. The van der Waals surface area contributed by atoms with E-state index < -0.39 is 23.8 Å². The minimum Gasteiger partial charge on any atom is -0.479 e. The van der Waals surface area contributed by atoms with Gasteiger partial charge >= 0.3 is 12.1 Å². The summed E-state index contributed by atoms with van der Waals surface area (Å²) in [6.45, 7) is 3.54. The highest BCUT2D eigenvalue weighted by atomic mass is 35.5. The van der Waals surface area contributed by atoms with Crippen molar-refractivity contribution in [2.24, 2.45) is 0 Å². The highest BCUT2D eigenvalue weighted by molar-refractivity contribution is 6.37. The number of carbonyl (C=O) groups excluding carboxylic acids is 1. The van der Waals surface area contributed by atoms with E-state index in [1.165, 1.54) is 0 Å². The van der Waals surface area contributed by atoms with Crippen molar-refractivity contribution in [1.82, 2.24) is 0 Å². The van der Waals surface area contributed by atoms with Crippen molar-refractivity contribution in [3.63, 3.8) is 0 Å². The van der Waals surface area contributed by atoms with E-state index in [1.54, 1.807) is 50.2 Å². The fraction of sp³-hybridized carbons (Fsp3) is 0.227. The molecule has 0 aliphatic rings. The Morgan fingerprint density at radius 1 is 0.968 bits per heavy atom. The molecule has 3 aromatic rings. The van der Waals surface area contributed by atoms with E-state index >= 15 is 0 Å². The van der Waals surface area contributed by atoms with Crippen LogP contribution in [0.2, 0.25) is 10.0 Å². The van der Waals surface area contributed by atoms with E-state index in [4.69, 9.17) is 37.4 Å². The maximum absolute atomic E-state index is 12.9.